The van der Waals surface area contributed by atoms with E-state index >= 15 is 0 Å². The number of benzene rings is 1. The van der Waals surface area contributed by atoms with Crippen molar-refractivity contribution in [3.63, 3.8) is 0 Å². The van der Waals surface area contributed by atoms with Crippen molar-refractivity contribution >= 4 is 5.69 Å². The fraction of sp³-hybridized carbons (Fsp3) is 0.652. The topological polar surface area (TPSA) is 43.7 Å². The molecule has 10 atom stereocenters. The Morgan fingerprint density at radius 3 is 2.81 bits per heavy atom. The fourth-order valence-corrected chi connectivity index (χ4v) is 8.98. The molecule has 4 saturated heterocycles. The zero-order valence-corrected chi connectivity index (χ0v) is 16.3. The van der Waals surface area contributed by atoms with Gasteiger partial charge in [-0.1, -0.05) is 31.7 Å². The van der Waals surface area contributed by atoms with Crippen LogP contribution in [0, 0.1) is 17.8 Å². The summed E-state index contributed by atoms with van der Waals surface area (Å²) in [6.07, 6.45) is 4.52. The molecular formula is C23H31N2O2+. The van der Waals surface area contributed by atoms with Crippen LogP contribution in [0.25, 0.3) is 0 Å². The standard InChI is InChI=1S/C23H31N2O2/c1-4-10-25-17-11-14(13(5-2)22(25)27)19-18(25)12-23(21(19)26)15-8-6-7-9-16(15)24(3)20(17)23/h4,6-9,13-14,17-22,26-27H,1,5,10-12H2,2-3H3/q+1/t13-,14-,17-,18-,19-,20-,21-,22+,23+,25?/m0/s1. The minimum Gasteiger partial charge on any atom is -0.392 e. The molecule has 1 spiro atoms. The lowest BCUT2D eigenvalue weighted by atomic mass is 9.60. The van der Waals surface area contributed by atoms with Gasteiger partial charge >= 0.3 is 0 Å². The monoisotopic (exact) mass is 367 g/mol. The van der Waals surface area contributed by atoms with Gasteiger partial charge in [0.05, 0.1) is 30.1 Å². The van der Waals surface area contributed by atoms with E-state index in [1.54, 1.807) is 0 Å². The van der Waals surface area contributed by atoms with E-state index in [4.69, 9.17) is 0 Å². The lowest BCUT2D eigenvalue weighted by Gasteiger charge is -2.67. The first-order valence-corrected chi connectivity index (χ1v) is 10.7. The van der Waals surface area contributed by atoms with Gasteiger partial charge in [0.25, 0.3) is 0 Å². The summed E-state index contributed by atoms with van der Waals surface area (Å²) in [4.78, 5) is 2.44. The third-order valence-corrected chi connectivity index (χ3v) is 9.56. The summed E-state index contributed by atoms with van der Waals surface area (Å²) in [6, 6.07) is 9.71. The van der Waals surface area contributed by atoms with E-state index in [-0.39, 0.29) is 23.8 Å². The molecule has 5 bridgehead atoms. The average molecular weight is 368 g/mol. The van der Waals surface area contributed by atoms with Crippen LogP contribution in [-0.2, 0) is 5.41 Å². The average Bonchev–Trinajstić information content (AvgIpc) is 3.06. The molecule has 1 aliphatic carbocycles. The van der Waals surface area contributed by atoms with E-state index in [0.717, 1.165) is 30.3 Å². The van der Waals surface area contributed by atoms with Crippen molar-refractivity contribution in [3.8, 4) is 0 Å². The molecule has 4 heteroatoms. The maximum absolute atomic E-state index is 11.9. The van der Waals surface area contributed by atoms with Gasteiger partial charge in [-0.2, -0.15) is 0 Å². The summed E-state index contributed by atoms with van der Waals surface area (Å²) in [6.45, 7) is 7.10. The van der Waals surface area contributed by atoms with E-state index in [1.807, 2.05) is 6.08 Å². The lowest BCUT2D eigenvalue weighted by molar-refractivity contribution is -1.03. The zero-order chi connectivity index (χ0) is 18.7. The summed E-state index contributed by atoms with van der Waals surface area (Å²) < 4.78 is 0.755. The van der Waals surface area contributed by atoms with Crippen molar-refractivity contribution in [2.45, 2.75) is 62.1 Å². The number of nitrogens with zero attached hydrogens (tertiary/aromatic N) is 2. The van der Waals surface area contributed by atoms with Crippen molar-refractivity contribution in [2.24, 2.45) is 17.8 Å². The molecule has 1 unspecified atom stereocenters. The molecule has 1 aromatic carbocycles. The van der Waals surface area contributed by atoms with E-state index in [2.05, 4.69) is 49.7 Å². The van der Waals surface area contributed by atoms with Crippen LogP contribution in [0.2, 0.25) is 0 Å². The van der Waals surface area contributed by atoms with E-state index < -0.39 is 0 Å². The predicted octanol–water partition coefficient (Wildman–Crippen LogP) is 2.26. The molecule has 144 valence electrons. The van der Waals surface area contributed by atoms with Crippen LogP contribution in [-0.4, -0.2) is 58.7 Å². The maximum atomic E-state index is 11.9. The van der Waals surface area contributed by atoms with Gasteiger partial charge in [0.15, 0.2) is 6.23 Å². The minimum atomic E-state index is -0.321. The number of aliphatic hydroxyl groups excluding tert-OH is 2. The van der Waals surface area contributed by atoms with Crippen molar-refractivity contribution in [1.82, 2.24) is 0 Å². The zero-order valence-electron chi connectivity index (χ0n) is 16.3. The Kier molecular flexibility index (Phi) is 3.05. The lowest BCUT2D eigenvalue weighted by Crippen LogP contribution is -2.82. The highest BCUT2D eigenvalue weighted by atomic mass is 16.3. The van der Waals surface area contributed by atoms with Gasteiger partial charge < -0.3 is 15.1 Å². The third kappa shape index (κ3) is 1.47. The molecule has 0 aromatic heterocycles. The first kappa shape index (κ1) is 16.6. The Labute approximate surface area is 161 Å². The van der Waals surface area contributed by atoms with Crippen LogP contribution in [0.5, 0.6) is 0 Å². The smallest absolute Gasteiger partial charge is 0.194 e. The van der Waals surface area contributed by atoms with Gasteiger partial charge in [-0.05, 0) is 30.0 Å². The summed E-state index contributed by atoms with van der Waals surface area (Å²) >= 11 is 0. The Morgan fingerprint density at radius 1 is 1.30 bits per heavy atom. The van der Waals surface area contributed by atoms with E-state index in [1.165, 1.54) is 11.3 Å². The molecule has 7 rings (SSSR count). The molecule has 0 radical (unpaired) electrons. The molecule has 1 aromatic rings. The van der Waals surface area contributed by atoms with E-state index in [0.29, 0.717) is 29.8 Å². The number of likely N-dealkylation sites (N-methyl/N-ethyl adjacent to an activating group) is 1. The second-order valence-electron chi connectivity index (χ2n) is 9.83. The SMILES string of the molecule is C=CC[N+]12[C@H](O)[C@@H](CC)[C@@H]3C[C@H]1[C@@H]1N(C)c4ccccc4[C@]14C[C@H]2[C@H]3[C@@H]4O. The largest absolute Gasteiger partial charge is 0.392 e. The number of quaternary nitrogens is 1. The van der Waals surface area contributed by atoms with Gasteiger partial charge in [-0.3, -0.25) is 4.48 Å². The predicted molar refractivity (Wildman–Crippen MR) is 105 cm³/mol. The van der Waals surface area contributed by atoms with Crippen molar-refractivity contribution in [1.29, 1.82) is 0 Å². The van der Waals surface area contributed by atoms with Crippen molar-refractivity contribution in [3.05, 3.63) is 42.5 Å². The van der Waals surface area contributed by atoms with Crippen LogP contribution in [0.15, 0.2) is 36.9 Å². The fourth-order valence-electron chi connectivity index (χ4n) is 8.98. The summed E-state index contributed by atoms with van der Waals surface area (Å²) in [5, 5.41) is 23.5. The normalized spacial score (nSPS) is 53.6. The highest BCUT2D eigenvalue weighted by Gasteiger charge is 2.82. The number of rotatable bonds is 3. The van der Waals surface area contributed by atoms with Crippen molar-refractivity contribution < 1.29 is 14.7 Å². The van der Waals surface area contributed by atoms with Crippen LogP contribution in [0.1, 0.15) is 31.7 Å². The van der Waals surface area contributed by atoms with Gasteiger partial charge in [0.2, 0.25) is 0 Å². The molecule has 27 heavy (non-hydrogen) atoms. The molecule has 5 heterocycles. The Balaban J connectivity index is 1.63. The molecule has 5 fully saturated rings. The number of anilines is 1. The Morgan fingerprint density at radius 2 is 2.07 bits per heavy atom. The Bertz CT molecular complexity index is 826. The second-order valence-corrected chi connectivity index (χ2v) is 9.83. The van der Waals surface area contributed by atoms with Crippen molar-refractivity contribution in [2.75, 3.05) is 18.5 Å². The first-order chi connectivity index (χ1) is 13.0. The van der Waals surface area contributed by atoms with Gasteiger partial charge in [0, 0.05) is 37.4 Å². The van der Waals surface area contributed by atoms with Crippen LogP contribution in [0.3, 0.4) is 0 Å². The second kappa shape index (κ2) is 4.97. The van der Waals surface area contributed by atoms with Crippen LogP contribution < -0.4 is 4.90 Å². The molecule has 1 saturated carbocycles. The van der Waals surface area contributed by atoms with Crippen LogP contribution >= 0.6 is 0 Å². The Hall–Kier alpha value is -1.36. The number of piperidine rings is 4. The number of aliphatic hydroxyl groups is 2. The van der Waals surface area contributed by atoms with Crippen LogP contribution in [0.4, 0.5) is 5.69 Å². The number of hydrogen-bond donors (Lipinski definition) is 2. The number of para-hydroxylation sites is 1. The molecule has 4 nitrogen and oxygen atoms in total. The van der Waals surface area contributed by atoms with Gasteiger partial charge in [-0.25, -0.2) is 0 Å². The van der Waals surface area contributed by atoms with Gasteiger partial charge in [0.1, 0.15) is 6.04 Å². The number of fused-ring (bicyclic) bond motifs is 2. The maximum Gasteiger partial charge on any atom is 0.194 e. The number of hydrogen-bond acceptors (Lipinski definition) is 3. The summed E-state index contributed by atoms with van der Waals surface area (Å²) in [5.74, 6) is 1.05. The molecule has 5 aliphatic heterocycles. The quantitative estimate of drug-likeness (QED) is 0.636. The first-order valence-electron chi connectivity index (χ1n) is 10.7. The molecule has 0 amide bonds. The summed E-state index contributed by atoms with van der Waals surface area (Å²) in [7, 11) is 2.21. The van der Waals surface area contributed by atoms with E-state index in [9.17, 15) is 10.2 Å². The highest BCUT2D eigenvalue weighted by molar-refractivity contribution is 5.66. The molecule has 6 aliphatic rings. The molecule has 2 N–H and O–H groups in total. The highest BCUT2D eigenvalue weighted by Crippen LogP contribution is 2.71. The minimum absolute atomic E-state index is 0.161. The van der Waals surface area contributed by atoms with Gasteiger partial charge in [-0.15, -0.1) is 0 Å². The third-order valence-electron chi connectivity index (χ3n) is 9.56. The molecular weight excluding hydrogens is 336 g/mol. The summed E-state index contributed by atoms with van der Waals surface area (Å²) in [5.41, 5.74) is 2.47.